The predicted octanol–water partition coefficient (Wildman–Crippen LogP) is 3.47. The lowest BCUT2D eigenvalue weighted by Gasteiger charge is -2.46. The van der Waals surface area contributed by atoms with E-state index in [0.717, 1.165) is 6.42 Å². The summed E-state index contributed by atoms with van der Waals surface area (Å²) >= 11 is 0. The molecule has 0 heterocycles. The maximum atomic E-state index is 10.6. The Bertz CT molecular complexity index is 155. The normalized spacial score (nSPS) is 20.1. The van der Waals surface area contributed by atoms with Gasteiger partial charge in [0, 0.05) is 0 Å². The van der Waals surface area contributed by atoms with Crippen LogP contribution in [0.5, 0.6) is 0 Å². The van der Waals surface area contributed by atoms with Crippen molar-refractivity contribution in [3.63, 3.8) is 0 Å². The van der Waals surface area contributed by atoms with Gasteiger partial charge in [-0.1, -0.05) is 48.5 Å². The highest BCUT2D eigenvalue weighted by molar-refractivity contribution is 4.94. The van der Waals surface area contributed by atoms with Crippen LogP contribution in [0.2, 0.25) is 0 Å². The Labute approximate surface area is 83.5 Å². The van der Waals surface area contributed by atoms with Crippen molar-refractivity contribution >= 4 is 0 Å². The summed E-state index contributed by atoms with van der Waals surface area (Å²) in [6, 6.07) is 0. The summed E-state index contributed by atoms with van der Waals surface area (Å²) in [7, 11) is 0. The first kappa shape index (κ1) is 13.0. The number of hydrogen-bond acceptors (Lipinski definition) is 1. The van der Waals surface area contributed by atoms with Crippen LogP contribution in [-0.2, 0) is 0 Å². The Balaban J connectivity index is 4.84. The van der Waals surface area contributed by atoms with Gasteiger partial charge in [-0.2, -0.15) is 0 Å². The third-order valence-corrected chi connectivity index (χ3v) is 3.59. The smallest absolute Gasteiger partial charge is 0.0720 e. The van der Waals surface area contributed by atoms with E-state index in [9.17, 15) is 5.11 Å². The summed E-state index contributed by atoms with van der Waals surface area (Å²) in [5, 5.41) is 10.6. The molecule has 0 saturated heterocycles. The summed E-state index contributed by atoms with van der Waals surface area (Å²) in [4.78, 5) is 0. The van der Waals surface area contributed by atoms with E-state index < -0.39 is 5.60 Å². The minimum Gasteiger partial charge on any atom is -0.389 e. The third kappa shape index (κ3) is 2.46. The molecule has 0 radical (unpaired) electrons. The zero-order valence-electron chi connectivity index (χ0n) is 10.3. The van der Waals surface area contributed by atoms with Gasteiger partial charge in [0.05, 0.1) is 5.60 Å². The molecule has 0 aliphatic carbocycles. The maximum Gasteiger partial charge on any atom is 0.0720 e. The Morgan fingerprint density at radius 1 is 1.08 bits per heavy atom. The van der Waals surface area contributed by atoms with E-state index in [4.69, 9.17) is 0 Å². The minimum atomic E-state index is -0.541. The molecule has 2 unspecified atom stereocenters. The van der Waals surface area contributed by atoms with Gasteiger partial charge in [0.2, 0.25) is 0 Å². The Morgan fingerprint density at radius 2 is 1.46 bits per heavy atom. The van der Waals surface area contributed by atoms with Crippen LogP contribution in [0.1, 0.15) is 54.9 Å². The van der Waals surface area contributed by atoms with Gasteiger partial charge < -0.3 is 5.11 Å². The second-order valence-electron chi connectivity index (χ2n) is 5.56. The zero-order valence-corrected chi connectivity index (χ0v) is 10.3. The largest absolute Gasteiger partial charge is 0.389 e. The zero-order chi connectivity index (χ0) is 10.9. The molecule has 1 nitrogen and oxygen atoms in total. The van der Waals surface area contributed by atoms with Crippen LogP contribution in [0.3, 0.4) is 0 Å². The lowest BCUT2D eigenvalue weighted by atomic mass is 9.65. The third-order valence-electron chi connectivity index (χ3n) is 3.59. The van der Waals surface area contributed by atoms with Crippen molar-refractivity contribution in [2.75, 3.05) is 0 Å². The average molecular weight is 186 g/mol. The van der Waals surface area contributed by atoms with Crippen molar-refractivity contribution in [2.24, 2.45) is 17.3 Å². The maximum absolute atomic E-state index is 10.6. The predicted molar refractivity (Wildman–Crippen MR) is 58.7 cm³/mol. The Morgan fingerprint density at radius 3 is 1.54 bits per heavy atom. The van der Waals surface area contributed by atoms with Gasteiger partial charge in [-0.05, 0) is 23.7 Å². The molecule has 0 rings (SSSR count). The molecule has 0 spiro atoms. The standard InChI is InChI=1S/C12H26O/c1-8-12(13,11(5,6)7)10(4)9(2)3/h9-10,13H,8H2,1-7H3. The highest BCUT2D eigenvalue weighted by Gasteiger charge is 2.43. The minimum absolute atomic E-state index is 0.0363. The quantitative estimate of drug-likeness (QED) is 0.715. The summed E-state index contributed by atoms with van der Waals surface area (Å²) in [5.41, 5.74) is -0.577. The molecule has 1 N–H and O–H groups in total. The van der Waals surface area contributed by atoms with Gasteiger partial charge in [-0.3, -0.25) is 0 Å². The van der Waals surface area contributed by atoms with Gasteiger partial charge >= 0.3 is 0 Å². The Kier molecular flexibility index (Phi) is 3.98. The molecule has 80 valence electrons. The van der Waals surface area contributed by atoms with E-state index in [0.29, 0.717) is 11.8 Å². The van der Waals surface area contributed by atoms with E-state index in [-0.39, 0.29) is 5.41 Å². The number of hydrogen-bond donors (Lipinski definition) is 1. The number of rotatable bonds is 3. The topological polar surface area (TPSA) is 20.2 Å². The first-order valence-electron chi connectivity index (χ1n) is 5.39. The van der Waals surface area contributed by atoms with E-state index in [1.807, 2.05) is 0 Å². The fourth-order valence-electron chi connectivity index (χ4n) is 2.09. The molecule has 2 atom stereocenters. The molecule has 0 saturated carbocycles. The molecule has 0 aromatic heterocycles. The van der Waals surface area contributed by atoms with E-state index in [1.165, 1.54) is 0 Å². The molecule has 0 aromatic rings. The molecule has 0 aliphatic rings. The molecule has 0 aliphatic heterocycles. The van der Waals surface area contributed by atoms with Crippen molar-refractivity contribution in [3.8, 4) is 0 Å². The van der Waals surface area contributed by atoms with Gasteiger partial charge in [0.15, 0.2) is 0 Å². The van der Waals surface area contributed by atoms with E-state index >= 15 is 0 Å². The summed E-state index contributed by atoms with van der Waals surface area (Å²) in [5.74, 6) is 0.877. The molecule has 0 bridgehead atoms. The second-order valence-corrected chi connectivity index (χ2v) is 5.56. The summed E-state index contributed by atoms with van der Waals surface area (Å²) in [6.07, 6.45) is 0.829. The fraction of sp³-hybridized carbons (Fsp3) is 1.00. The van der Waals surface area contributed by atoms with Crippen molar-refractivity contribution in [2.45, 2.75) is 60.5 Å². The SMILES string of the molecule is CCC(O)(C(C)C(C)C)C(C)(C)C. The van der Waals surface area contributed by atoms with Gasteiger partial charge in [0.1, 0.15) is 0 Å². The van der Waals surface area contributed by atoms with Gasteiger partial charge in [-0.15, -0.1) is 0 Å². The molecular weight excluding hydrogens is 160 g/mol. The van der Waals surface area contributed by atoms with Crippen molar-refractivity contribution in [1.82, 2.24) is 0 Å². The Hall–Kier alpha value is -0.0400. The monoisotopic (exact) mass is 186 g/mol. The first-order chi connectivity index (χ1) is 5.66. The van der Waals surface area contributed by atoms with E-state index in [1.54, 1.807) is 0 Å². The fourth-order valence-corrected chi connectivity index (χ4v) is 2.09. The molecule has 1 heteroatoms. The van der Waals surface area contributed by atoms with Crippen LogP contribution in [-0.4, -0.2) is 10.7 Å². The number of aliphatic hydroxyl groups is 1. The van der Waals surface area contributed by atoms with Crippen molar-refractivity contribution in [1.29, 1.82) is 0 Å². The molecular formula is C12H26O. The van der Waals surface area contributed by atoms with Gasteiger partial charge in [0.25, 0.3) is 0 Å². The van der Waals surface area contributed by atoms with Crippen LogP contribution >= 0.6 is 0 Å². The van der Waals surface area contributed by atoms with Crippen molar-refractivity contribution < 1.29 is 5.11 Å². The second kappa shape index (κ2) is 4.00. The van der Waals surface area contributed by atoms with Crippen LogP contribution in [0.4, 0.5) is 0 Å². The van der Waals surface area contributed by atoms with Crippen LogP contribution in [0.25, 0.3) is 0 Å². The van der Waals surface area contributed by atoms with Gasteiger partial charge in [-0.25, -0.2) is 0 Å². The van der Waals surface area contributed by atoms with Crippen LogP contribution in [0.15, 0.2) is 0 Å². The average Bonchev–Trinajstić information content (AvgIpc) is 1.99. The highest BCUT2D eigenvalue weighted by atomic mass is 16.3. The van der Waals surface area contributed by atoms with Crippen molar-refractivity contribution in [3.05, 3.63) is 0 Å². The molecule has 0 aromatic carbocycles. The lowest BCUT2D eigenvalue weighted by Crippen LogP contribution is -2.49. The first-order valence-corrected chi connectivity index (χ1v) is 5.39. The molecule has 13 heavy (non-hydrogen) atoms. The molecule has 0 amide bonds. The van der Waals surface area contributed by atoms with Crippen LogP contribution < -0.4 is 0 Å². The van der Waals surface area contributed by atoms with E-state index in [2.05, 4.69) is 48.5 Å². The molecule has 0 fully saturated rings. The summed E-state index contributed by atoms with van der Waals surface area (Å²) < 4.78 is 0. The summed E-state index contributed by atoms with van der Waals surface area (Å²) in [6.45, 7) is 14.9. The van der Waals surface area contributed by atoms with Crippen LogP contribution in [0, 0.1) is 17.3 Å². The highest BCUT2D eigenvalue weighted by Crippen LogP contribution is 2.41. The lowest BCUT2D eigenvalue weighted by molar-refractivity contribution is -0.114.